The van der Waals surface area contributed by atoms with Crippen LogP contribution in [0.25, 0.3) is 0 Å². The first-order valence-corrected chi connectivity index (χ1v) is 10.6. The minimum absolute atomic E-state index is 0.236. The number of rotatable bonds is 7. The topological polar surface area (TPSA) is 109 Å². The molecule has 0 aromatic carbocycles. The van der Waals surface area contributed by atoms with Crippen LogP contribution in [0.4, 0.5) is 5.82 Å². The minimum atomic E-state index is -0.439. The van der Waals surface area contributed by atoms with Gasteiger partial charge in [-0.1, -0.05) is 11.6 Å². The van der Waals surface area contributed by atoms with Crippen molar-refractivity contribution < 1.29 is 14.1 Å². The number of carbonyl (C=O) groups is 2. The van der Waals surface area contributed by atoms with E-state index in [4.69, 9.17) is 4.52 Å². The van der Waals surface area contributed by atoms with Crippen LogP contribution in [0.5, 0.6) is 0 Å². The predicted octanol–water partition coefficient (Wildman–Crippen LogP) is 2.17. The molecular weight excluding hydrogens is 398 g/mol. The molecule has 1 aliphatic heterocycles. The normalized spacial score (nSPS) is 17.4. The van der Waals surface area contributed by atoms with Crippen LogP contribution in [0.15, 0.2) is 33.7 Å². The van der Waals surface area contributed by atoms with Crippen molar-refractivity contribution in [3.8, 4) is 0 Å². The summed E-state index contributed by atoms with van der Waals surface area (Å²) < 4.78 is 6.11. The number of amides is 2. The van der Waals surface area contributed by atoms with Gasteiger partial charge in [-0.3, -0.25) is 19.3 Å². The van der Waals surface area contributed by atoms with Crippen LogP contribution in [-0.2, 0) is 11.3 Å². The smallest absolute Gasteiger partial charge is 0.253 e. The molecule has 1 saturated heterocycles. The van der Waals surface area contributed by atoms with Gasteiger partial charge in [-0.15, -0.1) is 0 Å². The van der Waals surface area contributed by atoms with E-state index in [1.54, 1.807) is 13.0 Å². The summed E-state index contributed by atoms with van der Waals surface area (Å²) in [7, 11) is 0. The highest BCUT2D eigenvalue weighted by Gasteiger charge is 2.28. The first-order valence-electron chi connectivity index (χ1n) is 10.6. The summed E-state index contributed by atoms with van der Waals surface area (Å²) in [5.74, 6) is 0.120. The molecule has 168 valence electrons. The molecule has 1 aliphatic rings. The second-order valence-corrected chi connectivity index (χ2v) is 8.91. The van der Waals surface area contributed by atoms with Crippen molar-refractivity contribution in [3.05, 3.63) is 46.1 Å². The number of pyridine rings is 1. The highest BCUT2D eigenvalue weighted by Crippen LogP contribution is 2.19. The summed E-state index contributed by atoms with van der Waals surface area (Å²) in [6.07, 6.45) is 5.00. The number of carbonyl (C=O) groups excluding carboxylic acids is 2. The first kappa shape index (κ1) is 22.7. The second-order valence-electron chi connectivity index (χ2n) is 8.91. The molecule has 31 heavy (non-hydrogen) atoms. The van der Waals surface area contributed by atoms with Crippen molar-refractivity contribution in [1.82, 2.24) is 19.9 Å². The molecule has 1 atom stereocenters. The molecule has 9 nitrogen and oxygen atoms in total. The Bertz CT molecular complexity index is 994. The predicted molar refractivity (Wildman–Crippen MR) is 117 cm³/mol. The van der Waals surface area contributed by atoms with Crippen molar-refractivity contribution in [1.29, 1.82) is 0 Å². The van der Waals surface area contributed by atoms with Crippen LogP contribution < -0.4 is 16.2 Å². The SMILES string of the molecule is Cc1cc(NC(=O)Cn2cc(C(=O)NC(C)(C)CN3CCCCC3C)ccc2=O)no1. The molecule has 9 heteroatoms. The monoisotopic (exact) mass is 429 g/mol. The number of aromatic nitrogens is 2. The number of hydrogen-bond donors (Lipinski definition) is 2. The largest absolute Gasteiger partial charge is 0.360 e. The van der Waals surface area contributed by atoms with E-state index < -0.39 is 11.4 Å². The Labute approximate surface area is 181 Å². The fourth-order valence-electron chi connectivity index (χ4n) is 3.87. The number of likely N-dealkylation sites (tertiary alicyclic amines) is 1. The summed E-state index contributed by atoms with van der Waals surface area (Å²) in [5, 5.41) is 9.33. The lowest BCUT2D eigenvalue weighted by Gasteiger charge is -2.39. The van der Waals surface area contributed by atoms with E-state index >= 15 is 0 Å². The third-order valence-electron chi connectivity index (χ3n) is 5.45. The summed E-state index contributed by atoms with van der Waals surface area (Å²) in [4.78, 5) is 39.7. The van der Waals surface area contributed by atoms with Crippen LogP contribution in [-0.4, -0.2) is 51.1 Å². The first-order chi connectivity index (χ1) is 14.6. The summed E-state index contributed by atoms with van der Waals surface area (Å²) >= 11 is 0. The maximum absolute atomic E-state index is 12.9. The van der Waals surface area contributed by atoms with Gasteiger partial charge in [-0.05, 0) is 53.1 Å². The highest BCUT2D eigenvalue weighted by molar-refractivity contribution is 5.94. The number of anilines is 1. The van der Waals surface area contributed by atoms with Gasteiger partial charge in [0.25, 0.3) is 11.5 Å². The maximum Gasteiger partial charge on any atom is 0.253 e. The molecule has 0 radical (unpaired) electrons. The Kier molecular flexibility index (Phi) is 6.94. The number of piperidine rings is 1. The lowest BCUT2D eigenvalue weighted by molar-refractivity contribution is -0.116. The van der Waals surface area contributed by atoms with E-state index in [1.165, 1.54) is 42.2 Å². The van der Waals surface area contributed by atoms with E-state index in [1.807, 2.05) is 13.8 Å². The van der Waals surface area contributed by atoms with Crippen molar-refractivity contribution in [2.45, 2.75) is 65.1 Å². The molecular formula is C22H31N5O4. The average molecular weight is 430 g/mol. The molecule has 2 N–H and O–H groups in total. The lowest BCUT2D eigenvalue weighted by atomic mass is 9.98. The summed E-state index contributed by atoms with van der Waals surface area (Å²) in [6.45, 7) is 9.47. The molecule has 3 heterocycles. The molecule has 2 aromatic rings. The van der Waals surface area contributed by atoms with Crippen LogP contribution in [0.1, 0.15) is 56.2 Å². The van der Waals surface area contributed by atoms with Gasteiger partial charge < -0.3 is 19.7 Å². The second kappa shape index (κ2) is 9.47. The van der Waals surface area contributed by atoms with Crippen molar-refractivity contribution in [3.63, 3.8) is 0 Å². The summed E-state index contributed by atoms with van der Waals surface area (Å²) in [6, 6.07) is 4.85. The zero-order valence-electron chi connectivity index (χ0n) is 18.6. The van der Waals surface area contributed by atoms with Crippen molar-refractivity contribution in [2.75, 3.05) is 18.4 Å². The molecule has 0 saturated carbocycles. The lowest BCUT2D eigenvalue weighted by Crippen LogP contribution is -2.54. The Hall–Kier alpha value is -2.94. The van der Waals surface area contributed by atoms with Gasteiger partial charge >= 0.3 is 0 Å². The Morgan fingerprint density at radius 3 is 2.74 bits per heavy atom. The minimum Gasteiger partial charge on any atom is -0.360 e. The Balaban J connectivity index is 1.64. The van der Waals surface area contributed by atoms with Crippen LogP contribution >= 0.6 is 0 Å². The number of nitrogens with zero attached hydrogens (tertiary/aromatic N) is 3. The molecule has 0 spiro atoms. The quantitative estimate of drug-likeness (QED) is 0.698. The molecule has 2 amide bonds. The van der Waals surface area contributed by atoms with Gasteiger partial charge in [0, 0.05) is 36.5 Å². The summed E-state index contributed by atoms with van der Waals surface area (Å²) in [5.41, 5.74) is -0.486. The molecule has 1 fully saturated rings. The van der Waals surface area contributed by atoms with Gasteiger partial charge in [0.05, 0.1) is 5.56 Å². The van der Waals surface area contributed by atoms with E-state index in [0.717, 1.165) is 13.1 Å². The van der Waals surface area contributed by atoms with E-state index in [-0.39, 0.29) is 23.8 Å². The highest BCUT2D eigenvalue weighted by atomic mass is 16.5. The zero-order chi connectivity index (χ0) is 22.6. The van der Waals surface area contributed by atoms with Gasteiger partial charge in [0.15, 0.2) is 5.82 Å². The molecule has 0 bridgehead atoms. The molecule has 1 unspecified atom stereocenters. The van der Waals surface area contributed by atoms with E-state index in [0.29, 0.717) is 17.4 Å². The third-order valence-corrected chi connectivity index (χ3v) is 5.45. The fourth-order valence-corrected chi connectivity index (χ4v) is 3.87. The van der Waals surface area contributed by atoms with Gasteiger partial charge in [0.1, 0.15) is 12.3 Å². The zero-order valence-corrected chi connectivity index (χ0v) is 18.6. The van der Waals surface area contributed by atoms with Crippen LogP contribution in [0.2, 0.25) is 0 Å². The van der Waals surface area contributed by atoms with Crippen molar-refractivity contribution in [2.24, 2.45) is 0 Å². The maximum atomic E-state index is 12.9. The molecule has 3 rings (SSSR count). The van der Waals surface area contributed by atoms with Gasteiger partial charge in [0.2, 0.25) is 5.91 Å². The van der Waals surface area contributed by atoms with Gasteiger partial charge in [-0.2, -0.15) is 0 Å². The number of aryl methyl sites for hydroxylation is 1. The number of hydrogen-bond acceptors (Lipinski definition) is 6. The standard InChI is InChI=1S/C22H31N5O4/c1-15-7-5-6-10-26(15)14-22(3,4)24-21(30)17-8-9-20(29)27(12-17)13-19(28)23-18-11-16(2)31-25-18/h8-9,11-12,15H,5-7,10,13-14H2,1-4H3,(H,24,30)(H,23,25,28). The van der Waals surface area contributed by atoms with E-state index in [2.05, 4.69) is 27.6 Å². The van der Waals surface area contributed by atoms with Gasteiger partial charge in [-0.25, -0.2) is 0 Å². The van der Waals surface area contributed by atoms with Crippen LogP contribution in [0.3, 0.4) is 0 Å². The third kappa shape index (κ3) is 6.27. The van der Waals surface area contributed by atoms with Crippen LogP contribution in [0, 0.1) is 6.92 Å². The van der Waals surface area contributed by atoms with E-state index in [9.17, 15) is 14.4 Å². The Morgan fingerprint density at radius 2 is 2.06 bits per heavy atom. The van der Waals surface area contributed by atoms with Crippen molar-refractivity contribution >= 4 is 17.6 Å². The molecule has 0 aliphatic carbocycles. The fraction of sp³-hybridized carbons (Fsp3) is 0.545. The molecule has 2 aromatic heterocycles. The Morgan fingerprint density at radius 1 is 1.29 bits per heavy atom. The number of nitrogens with one attached hydrogen (secondary N) is 2. The average Bonchev–Trinajstić information content (AvgIpc) is 3.09.